The number of aryl methyl sites for hydroxylation is 1. The van der Waals surface area contributed by atoms with Crippen LogP contribution < -0.4 is 5.32 Å². The fourth-order valence-electron chi connectivity index (χ4n) is 2.59. The van der Waals surface area contributed by atoms with Crippen LogP contribution in [0.4, 0.5) is 10.6 Å². The number of carbonyl (C=O) groups is 1. The first kappa shape index (κ1) is 20.5. The summed E-state index contributed by atoms with van der Waals surface area (Å²) in [6.45, 7) is 7.56. The number of pyridine rings is 1. The molecule has 0 spiro atoms. The Morgan fingerprint density at radius 3 is 2.68 bits per heavy atom. The largest absolute Gasteiger partial charge is 0.444 e. The van der Waals surface area contributed by atoms with Crippen LogP contribution in [0.5, 0.6) is 0 Å². The number of thiazole rings is 1. The lowest BCUT2D eigenvalue weighted by Gasteiger charge is -2.19. The SMILES string of the molecule is CCc1nc(-c2cccc(Br)c2)c(-c2ccnc(NC(=O)OC(C)(C)C)c2)s1. The molecule has 1 aromatic carbocycles. The lowest BCUT2D eigenvalue weighted by atomic mass is 10.1. The Hall–Kier alpha value is -2.25. The molecule has 0 unspecified atom stereocenters. The highest BCUT2D eigenvalue weighted by Crippen LogP contribution is 2.38. The zero-order valence-electron chi connectivity index (χ0n) is 16.2. The Balaban J connectivity index is 1.96. The minimum Gasteiger partial charge on any atom is -0.444 e. The van der Waals surface area contributed by atoms with Crippen molar-refractivity contribution in [1.29, 1.82) is 0 Å². The number of nitrogens with zero attached hydrogens (tertiary/aromatic N) is 2. The van der Waals surface area contributed by atoms with E-state index in [1.165, 1.54) is 0 Å². The standard InChI is InChI=1S/C21H22BrN3O2S/c1-5-17-25-18(13-7-6-8-15(22)11-13)19(28-17)14-9-10-23-16(12-14)24-20(26)27-21(2,3)4/h6-12H,5H2,1-4H3,(H,23,24,26). The van der Waals surface area contributed by atoms with Crippen molar-refractivity contribution in [3.05, 3.63) is 52.1 Å². The molecular formula is C21H22BrN3O2S. The van der Waals surface area contributed by atoms with Crippen LogP contribution in [0.1, 0.15) is 32.7 Å². The molecule has 7 heteroatoms. The summed E-state index contributed by atoms with van der Waals surface area (Å²) < 4.78 is 6.31. The van der Waals surface area contributed by atoms with E-state index in [9.17, 15) is 4.79 Å². The molecule has 146 valence electrons. The van der Waals surface area contributed by atoms with Crippen molar-refractivity contribution >= 4 is 39.2 Å². The van der Waals surface area contributed by atoms with Gasteiger partial charge in [0.1, 0.15) is 11.4 Å². The van der Waals surface area contributed by atoms with Gasteiger partial charge in [0, 0.05) is 16.2 Å². The Labute approximate surface area is 177 Å². The fraction of sp³-hybridized carbons (Fsp3) is 0.286. The number of aromatic nitrogens is 2. The number of benzene rings is 1. The number of halogens is 1. The quantitative estimate of drug-likeness (QED) is 0.480. The van der Waals surface area contributed by atoms with E-state index in [0.717, 1.165) is 37.6 Å². The molecule has 3 aromatic rings. The van der Waals surface area contributed by atoms with Crippen molar-refractivity contribution in [3.8, 4) is 21.7 Å². The van der Waals surface area contributed by atoms with Crippen molar-refractivity contribution in [2.45, 2.75) is 39.7 Å². The van der Waals surface area contributed by atoms with E-state index in [2.05, 4.69) is 39.2 Å². The summed E-state index contributed by atoms with van der Waals surface area (Å²) in [7, 11) is 0. The highest BCUT2D eigenvalue weighted by molar-refractivity contribution is 9.10. The van der Waals surface area contributed by atoms with Crippen LogP contribution >= 0.6 is 27.3 Å². The predicted octanol–water partition coefficient (Wildman–Crippen LogP) is 6.54. The normalized spacial score (nSPS) is 11.3. The number of ether oxygens (including phenoxy) is 1. The van der Waals surface area contributed by atoms with Crippen LogP contribution in [0.25, 0.3) is 21.7 Å². The minimum atomic E-state index is -0.566. The van der Waals surface area contributed by atoms with Gasteiger partial charge >= 0.3 is 6.09 Å². The van der Waals surface area contributed by atoms with E-state index in [4.69, 9.17) is 9.72 Å². The maximum atomic E-state index is 12.1. The first-order chi connectivity index (χ1) is 13.2. The highest BCUT2D eigenvalue weighted by atomic mass is 79.9. The van der Waals surface area contributed by atoms with E-state index in [-0.39, 0.29) is 0 Å². The molecule has 0 saturated carbocycles. The van der Waals surface area contributed by atoms with Gasteiger partial charge in [-0.1, -0.05) is 35.0 Å². The molecule has 5 nitrogen and oxygen atoms in total. The molecule has 0 aliphatic rings. The Bertz CT molecular complexity index is 995. The third-order valence-corrected chi connectivity index (χ3v) is 5.47. The van der Waals surface area contributed by atoms with Crippen molar-refractivity contribution in [3.63, 3.8) is 0 Å². The third kappa shape index (κ3) is 5.17. The fourth-order valence-corrected chi connectivity index (χ4v) is 4.01. The summed E-state index contributed by atoms with van der Waals surface area (Å²) >= 11 is 5.18. The van der Waals surface area contributed by atoms with Crippen LogP contribution in [0.15, 0.2) is 47.1 Å². The minimum absolute atomic E-state index is 0.443. The summed E-state index contributed by atoms with van der Waals surface area (Å²) in [4.78, 5) is 22.2. The molecule has 2 aromatic heterocycles. The number of rotatable bonds is 4. The van der Waals surface area contributed by atoms with Crippen LogP contribution in [0.2, 0.25) is 0 Å². The predicted molar refractivity (Wildman–Crippen MR) is 118 cm³/mol. The monoisotopic (exact) mass is 459 g/mol. The van der Waals surface area contributed by atoms with E-state index >= 15 is 0 Å². The second kappa shape index (κ2) is 8.41. The smallest absolute Gasteiger partial charge is 0.413 e. The number of anilines is 1. The first-order valence-corrected chi connectivity index (χ1v) is 10.6. The molecule has 2 heterocycles. The summed E-state index contributed by atoms with van der Waals surface area (Å²) in [5, 5.41) is 3.76. The summed E-state index contributed by atoms with van der Waals surface area (Å²) in [5.41, 5.74) is 2.35. The van der Waals surface area contributed by atoms with Gasteiger partial charge in [0.05, 0.1) is 15.6 Å². The molecule has 0 saturated heterocycles. The average Bonchev–Trinajstić information content (AvgIpc) is 3.05. The maximum Gasteiger partial charge on any atom is 0.413 e. The van der Waals surface area contributed by atoms with Gasteiger partial charge < -0.3 is 4.74 Å². The molecular weight excluding hydrogens is 438 g/mol. The van der Waals surface area contributed by atoms with Gasteiger partial charge in [-0.3, -0.25) is 5.32 Å². The Morgan fingerprint density at radius 1 is 1.21 bits per heavy atom. The van der Waals surface area contributed by atoms with Crippen LogP contribution in [-0.2, 0) is 11.2 Å². The van der Waals surface area contributed by atoms with Gasteiger partial charge in [-0.15, -0.1) is 11.3 Å². The van der Waals surface area contributed by atoms with Crippen molar-refractivity contribution < 1.29 is 9.53 Å². The molecule has 1 amide bonds. The molecule has 3 rings (SSSR count). The van der Waals surface area contributed by atoms with Gasteiger partial charge in [0.2, 0.25) is 0 Å². The molecule has 28 heavy (non-hydrogen) atoms. The number of carbonyl (C=O) groups excluding carboxylic acids is 1. The van der Waals surface area contributed by atoms with Crippen LogP contribution in [0, 0.1) is 0 Å². The first-order valence-electron chi connectivity index (χ1n) is 8.97. The van der Waals surface area contributed by atoms with Gasteiger partial charge in [0.25, 0.3) is 0 Å². The molecule has 1 N–H and O–H groups in total. The number of nitrogens with one attached hydrogen (secondary N) is 1. The van der Waals surface area contributed by atoms with Gasteiger partial charge in [-0.2, -0.15) is 0 Å². The summed E-state index contributed by atoms with van der Waals surface area (Å²) in [6, 6.07) is 11.9. The van der Waals surface area contributed by atoms with E-state index in [0.29, 0.717) is 5.82 Å². The second-order valence-corrected chi connectivity index (χ2v) is 9.21. The highest BCUT2D eigenvalue weighted by Gasteiger charge is 2.18. The maximum absolute atomic E-state index is 12.1. The topological polar surface area (TPSA) is 64.1 Å². The van der Waals surface area contributed by atoms with E-state index in [1.54, 1.807) is 17.5 Å². The molecule has 0 fully saturated rings. The van der Waals surface area contributed by atoms with E-state index in [1.807, 2.05) is 51.1 Å². The zero-order valence-corrected chi connectivity index (χ0v) is 18.6. The van der Waals surface area contributed by atoms with Gasteiger partial charge in [0.15, 0.2) is 0 Å². The number of hydrogen-bond acceptors (Lipinski definition) is 5. The summed E-state index contributed by atoms with van der Waals surface area (Å²) in [6.07, 6.45) is 2.01. The molecule has 0 bridgehead atoms. The second-order valence-electron chi connectivity index (χ2n) is 7.21. The third-order valence-electron chi connectivity index (χ3n) is 3.72. The molecule has 0 aliphatic heterocycles. The Kier molecular flexibility index (Phi) is 6.15. The molecule has 0 radical (unpaired) electrons. The van der Waals surface area contributed by atoms with Crippen molar-refractivity contribution in [1.82, 2.24) is 9.97 Å². The van der Waals surface area contributed by atoms with Crippen LogP contribution in [-0.4, -0.2) is 21.7 Å². The van der Waals surface area contributed by atoms with E-state index < -0.39 is 11.7 Å². The number of amides is 1. The van der Waals surface area contributed by atoms with Gasteiger partial charge in [-0.05, 0) is 57.0 Å². The van der Waals surface area contributed by atoms with Crippen molar-refractivity contribution in [2.75, 3.05) is 5.32 Å². The average molecular weight is 460 g/mol. The van der Waals surface area contributed by atoms with Crippen LogP contribution in [0.3, 0.4) is 0 Å². The summed E-state index contributed by atoms with van der Waals surface area (Å²) in [5.74, 6) is 0.443. The lowest BCUT2D eigenvalue weighted by molar-refractivity contribution is 0.0635. The van der Waals surface area contributed by atoms with Crippen molar-refractivity contribution in [2.24, 2.45) is 0 Å². The number of hydrogen-bond donors (Lipinski definition) is 1. The molecule has 0 atom stereocenters. The molecule has 0 aliphatic carbocycles. The lowest BCUT2D eigenvalue weighted by Crippen LogP contribution is -2.27. The zero-order chi connectivity index (χ0) is 20.3. The Morgan fingerprint density at radius 2 is 2.00 bits per heavy atom. The van der Waals surface area contributed by atoms with Gasteiger partial charge in [-0.25, -0.2) is 14.8 Å².